The van der Waals surface area contributed by atoms with Crippen LogP contribution in [0.5, 0.6) is 0 Å². The molecule has 2 rings (SSSR count). The number of amides is 1. The summed E-state index contributed by atoms with van der Waals surface area (Å²) in [4.78, 5) is 21.6. The van der Waals surface area contributed by atoms with Crippen molar-refractivity contribution in [2.45, 2.75) is 38.6 Å². The maximum absolute atomic E-state index is 12.0. The van der Waals surface area contributed by atoms with Gasteiger partial charge >= 0.3 is 0 Å². The van der Waals surface area contributed by atoms with E-state index in [1.807, 2.05) is 38.2 Å². The van der Waals surface area contributed by atoms with Crippen molar-refractivity contribution in [1.82, 2.24) is 14.9 Å². The molecule has 0 bridgehead atoms. The molecule has 0 fully saturated rings. The zero-order chi connectivity index (χ0) is 15.2. The predicted molar refractivity (Wildman–Crippen MR) is 92.2 cm³/mol. The third kappa shape index (κ3) is 4.71. The summed E-state index contributed by atoms with van der Waals surface area (Å²) < 4.78 is 0. The first-order valence-corrected chi connectivity index (χ1v) is 7.56. The minimum atomic E-state index is -0.369. The van der Waals surface area contributed by atoms with E-state index in [-0.39, 0.29) is 24.4 Å². The smallest absolute Gasteiger partial charge is 0.239 e. The van der Waals surface area contributed by atoms with Gasteiger partial charge in [-0.05, 0) is 25.0 Å². The van der Waals surface area contributed by atoms with Crippen molar-refractivity contribution in [3.05, 3.63) is 30.1 Å². The van der Waals surface area contributed by atoms with Crippen molar-refractivity contribution in [2.24, 2.45) is 5.73 Å². The molecule has 0 aliphatic carbocycles. The molecule has 0 saturated carbocycles. The molecule has 0 aliphatic heterocycles. The number of aromatic amines is 1. The van der Waals surface area contributed by atoms with Crippen molar-refractivity contribution in [3.8, 4) is 0 Å². The van der Waals surface area contributed by atoms with E-state index >= 15 is 0 Å². The number of imidazole rings is 1. The topological polar surface area (TPSA) is 75.0 Å². The molecule has 6 heteroatoms. The van der Waals surface area contributed by atoms with E-state index in [0.717, 1.165) is 42.5 Å². The molecule has 1 aromatic carbocycles. The molecule has 0 spiro atoms. The second kappa shape index (κ2) is 8.76. The third-order valence-electron chi connectivity index (χ3n) is 3.64. The summed E-state index contributed by atoms with van der Waals surface area (Å²) >= 11 is 0. The number of H-pyrrole nitrogens is 1. The number of likely N-dealkylation sites (N-methyl/N-ethyl adjacent to an activating group) is 1. The van der Waals surface area contributed by atoms with Gasteiger partial charge in [0.15, 0.2) is 0 Å². The summed E-state index contributed by atoms with van der Waals surface area (Å²) in [7, 11) is 1.82. The van der Waals surface area contributed by atoms with Crippen LogP contribution in [0.4, 0.5) is 0 Å². The molecule has 1 aromatic heterocycles. The molecule has 1 atom stereocenters. The average Bonchev–Trinajstić information content (AvgIpc) is 2.89. The van der Waals surface area contributed by atoms with Gasteiger partial charge in [0.25, 0.3) is 0 Å². The predicted octanol–water partition coefficient (Wildman–Crippen LogP) is 2.50. The van der Waals surface area contributed by atoms with Gasteiger partial charge in [-0.15, -0.1) is 12.4 Å². The summed E-state index contributed by atoms with van der Waals surface area (Å²) in [6, 6.07) is 7.62. The molecular formula is C16H25ClN4O. The summed E-state index contributed by atoms with van der Waals surface area (Å²) in [5, 5.41) is 0. The van der Waals surface area contributed by atoms with Crippen LogP contribution in [0.1, 0.15) is 32.0 Å². The first-order valence-electron chi connectivity index (χ1n) is 7.56. The number of hydrogen-bond donors (Lipinski definition) is 2. The van der Waals surface area contributed by atoms with Gasteiger partial charge in [0.1, 0.15) is 5.82 Å². The van der Waals surface area contributed by atoms with Gasteiger partial charge in [0, 0.05) is 20.0 Å². The van der Waals surface area contributed by atoms with E-state index in [9.17, 15) is 4.79 Å². The first kappa shape index (κ1) is 18.5. The van der Waals surface area contributed by atoms with E-state index in [1.165, 1.54) is 0 Å². The van der Waals surface area contributed by atoms with Gasteiger partial charge in [0.2, 0.25) is 5.91 Å². The minimum Gasteiger partial charge on any atom is -0.344 e. The molecule has 1 heterocycles. The number of nitrogens with one attached hydrogen (secondary N) is 1. The number of nitrogens with zero attached hydrogens (tertiary/aromatic N) is 2. The van der Waals surface area contributed by atoms with Gasteiger partial charge in [-0.1, -0.05) is 25.5 Å². The van der Waals surface area contributed by atoms with Gasteiger partial charge in [0.05, 0.1) is 17.1 Å². The van der Waals surface area contributed by atoms with Crippen LogP contribution in [0.2, 0.25) is 0 Å². The maximum Gasteiger partial charge on any atom is 0.239 e. The monoisotopic (exact) mass is 324 g/mol. The number of carbonyl (C=O) groups excluding carboxylic acids is 1. The Bertz CT molecular complexity index is 566. The number of hydrogen-bond acceptors (Lipinski definition) is 3. The normalized spacial score (nSPS) is 12.0. The zero-order valence-corrected chi connectivity index (χ0v) is 14.0. The highest BCUT2D eigenvalue weighted by atomic mass is 35.5. The number of halogens is 1. The summed E-state index contributed by atoms with van der Waals surface area (Å²) in [5.74, 6) is 0.997. The van der Waals surface area contributed by atoms with E-state index in [2.05, 4.69) is 9.97 Å². The molecule has 22 heavy (non-hydrogen) atoms. The van der Waals surface area contributed by atoms with Crippen LogP contribution in [0.15, 0.2) is 24.3 Å². The van der Waals surface area contributed by atoms with E-state index in [1.54, 1.807) is 4.90 Å². The second-order valence-corrected chi connectivity index (χ2v) is 5.46. The van der Waals surface area contributed by atoms with Crippen LogP contribution in [0.3, 0.4) is 0 Å². The zero-order valence-electron chi connectivity index (χ0n) is 13.2. The Kier molecular flexibility index (Phi) is 7.35. The van der Waals surface area contributed by atoms with Gasteiger partial charge < -0.3 is 15.6 Å². The van der Waals surface area contributed by atoms with Crippen LogP contribution >= 0.6 is 12.4 Å². The maximum atomic E-state index is 12.0. The molecule has 1 unspecified atom stereocenters. The number of para-hydroxylation sites is 2. The highest BCUT2D eigenvalue weighted by Gasteiger charge is 2.16. The number of aromatic nitrogens is 2. The lowest BCUT2D eigenvalue weighted by Gasteiger charge is -2.20. The summed E-state index contributed by atoms with van der Waals surface area (Å²) in [5.41, 5.74) is 7.90. The van der Waals surface area contributed by atoms with Crippen molar-refractivity contribution in [1.29, 1.82) is 0 Å². The number of fused-ring (bicyclic) bond motifs is 1. The van der Waals surface area contributed by atoms with Crippen molar-refractivity contribution in [2.75, 3.05) is 13.6 Å². The highest BCUT2D eigenvalue weighted by molar-refractivity contribution is 5.85. The second-order valence-electron chi connectivity index (χ2n) is 5.46. The largest absolute Gasteiger partial charge is 0.344 e. The Balaban J connectivity index is 0.00000242. The Morgan fingerprint density at radius 2 is 2.14 bits per heavy atom. The molecule has 5 nitrogen and oxygen atoms in total. The van der Waals surface area contributed by atoms with Crippen LogP contribution in [-0.4, -0.2) is 40.4 Å². The lowest BCUT2D eigenvalue weighted by atomic mass is 10.1. The Morgan fingerprint density at radius 1 is 1.41 bits per heavy atom. The number of carbonyl (C=O) groups is 1. The van der Waals surface area contributed by atoms with Gasteiger partial charge in [-0.3, -0.25) is 4.79 Å². The van der Waals surface area contributed by atoms with E-state index in [0.29, 0.717) is 6.54 Å². The molecular weight excluding hydrogens is 300 g/mol. The molecule has 2 aromatic rings. The fourth-order valence-corrected chi connectivity index (χ4v) is 2.44. The number of benzene rings is 1. The molecule has 0 aliphatic rings. The molecule has 0 radical (unpaired) electrons. The Labute approximate surface area is 137 Å². The standard InChI is InChI=1S/C16H24N4O.ClH/c1-3-7-12(17)16(21)20(2)11-6-10-15-18-13-8-4-5-9-14(13)19-15;/h4-5,8-9,12H,3,6-7,10-11,17H2,1-2H3,(H,18,19);1H. The van der Waals surface area contributed by atoms with E-state index in [4.69, 9.17) is 5.73 Å². The number of aryl methyl sites for hydroxylation is 1. The van der Waals surface area contributed by atoms with Gasteiger partial charge in [-0.25, -0.2) is 4.98 Å². The molecule has 122 valence electrons. The SMILES string of the molecule is CCCC(N)C(=O)N(C)CCCc1nc2ccccc2[nH]1.Cl. The molecule has 0 saturated heterocycles. The van der Waals surface area contributed by atoms with Crippen LogP contribution in [-0.2, 0) is 11.2 Å². The Hall–Kier alpha value is -1.59. The minimum absolute atomic E-state index is 0. The quantitative estimate of drug-likeness (QED) is 0.821. The van der Waals surface area contributed by atoms with Crippen LogP contribution in [0, 0.1) is 0 Å². The number of nitrogens with two attached hydrogens (primary N) is 1. The summed E-state index contributed by atoms with van der Waals surface area (Å²) in [6.45, 7) is 2.74. The van der Waals surface area contributed by atoms with Crippen LogP contribution < -0.4 is 5.73 Å². The van der Waals surface area contributed by atoms with Crippen molar-refractivity contribution < 1.29 is 4.79 Å². The first-order chi connectivity index (χ1) is 10.1. The molecule has 1 amide bonds. The highest BCUT2D eigenvalue weighted by Crippen LogP contribution is 2.11. The van der Waals surface area contributed by atoms with Crippen molar-refractivity contribution >= 4 is 29.3 Å². The van der Waals surface area contributed by atoms with Gasteiger partial charge in [-0.2, -0.15) is 0 Å². The molecule has 3 N–H and O–H groups in total. The van der Waals surface area contributed by atoms with E-state index < -0.39 is 0 Å². The lowest BCUT2D eigenvalue weighted by molar-refractivity contribution is -0.131. The fraction of sp³-hybridized carbons (Fsp3) is 0.500. The average molecular weight is 325 g/mol. The van der Waals surface area contributed by atoms with Crippen molar-refractivity contribution in [3.63, 3.8) is 0 Å². The fourth-order valence-electron chi connectivity index (χ4n) is 2.44. The van der Waals surface area contributed by atoms with Crippen LogP contribution in [0.25, 0.3) is 11.0 Å². The Morgan fingerprint density at radius 3 is 2.82 bits per heavy atom. The lowest BCUT2D eigenvalue weighted by Crippen LogP contribution is -2.42. The summed E-state index contributed by atoms with van der Waals surface area (Å²) in [6.07, 6.45) is 3.38. The third-order valence-corrected chi connectivity index (χ3v) is 3.64. The number of rotatable bonds is 7.